The van der Waals surface area contributed by atoms with Crippen LogP contribution in [0, 0.1) is 5.41 Å². The van der Waals surface area contributed by atoms with E-state index in [1.165, 1.54) is 0 Å². The zero-order valence-electron chi connectivity index (χ0n) is 18.1. The number of aromatic carboxylic acids is 1. The maximum atomic E-state index is 12.3. The van der Waals surface area contributed by atoms with Crippen molar-refractivity contribution in [1.29, 1.82) is 0 Å². The lowest BCUT2D eigenvalue weighted by Crippen LogP contribution is -2.27. The van der Waals surface area contributed by atoms with Crippen molar-refractivity contribution >= 4 is 16.9 Å². The molecule has 0 aliphatic rings. The normalized spacial score (nSPS) is 11.9. The van der Waals surface area contributed by atoms with Crippen LogP contribution in [0.25, 0.3) is 22.2 Å². The molecule has 30 heavy (non-hydrogen) atoms. The molecule has 0 spiro atoms. The van der Waals surface area contributed by atoms with Crippen molar-refractivity contribution in [1.82, 2.24) is 14.9 Å². The molecular weight excluding hydrogens is 382 g/mol. The fraction of sp³-hybridized carbons (Fsp3) is 0.391. The van der Waals surface area contributed by atoms with Crippen LogP contribution >= 0.6 is 0 Å². The van der Waals surface area contributed by atoms with Gasteiger partial charge in [0.05, 0.1) is 5.69 Å². The fourth-order valence-corrected chi connectivity index (χ4v) is 3.71. The summed E-state index contributed by atoms with van der Waals surface area (Å²) in [5.41, 5.74) is 2.54. The molecule has 3 aromatic rings. The molecule has 0 bridgehead atoms. The highest BCUT2D eigenvalue weighted by atomic mass is 16.4. The Balaban J connectivity index is 2.04. The molecule has 0 saturated heterocycles. The Labute approximate surface area is 175 Å². The smallest absolute Gasteiger partial charge is 0.345 e. The number of pyridine rings is 1. The van der Waals surface area contributed by atoms with Crippen LogP contribution in [0.15, 0.2) is 29.1 Å². The molecule has 7 nitrogen and oxygen atoms in total. The number of benzene rings is 1. The van der Waals surface area contributed by atoms with Gasteiger partial charge in [-0.2, -0.15) is 0 Å². The molecule has 0 unspecified atom stereocenters. The van der Waals surface area contributed by atoms with Crippen molar-refractivity contribution in [2.75, 3.05) is 6.54 Å². The minimum Gasteiger partial charge on any atom is -0.506 e. The third-order valence-corrected chi connectivity index (χ3v) is 5.25. The number of aromatic amines is 1. The summed E-state index contributed by atoms with van der Waals surface area (Å²) in [5.74, 6) is -1.91. The van der Waals surface area contributed by atoms with Gasteiger partial charge < -0.3 is 25.1 Å². The number of aryl methyl sites for hydroxylation is 1. The van der Waals surface area contributed by atoms with Gasteiger partial charge >= 0.3 is 5.97 Å². The van der Waals surface area contributed by atoms with Gasteiger partial charge in [0.1, 0.15) is 5.75 Å². The number of nitrogens with one attached hydrogen (secondary N) is 2. The van der Waals surface area contributed by atoms with Crippen LogP contribution in [-0.4, -0.2) is 32.3 Å². The number of carbonyl (C=O) groups is 1. The quantitative estimate of drug-likeness (QED) is 0.495. The van der Waals surface area contributed by atoms with Gasteiger partial charge in [0.25, 0.3) is 5.56 Å². The lowest BCUT2D eigenvalue weighted by atomic mass is 9.97. The second kappa shape index (κ2) is 7.99. The average Bonchev–Trinajstić information content (AvgIpc) is 2.95. The topological polar surface area (TPSA) is 107 Å². The van der Waals surface area contributed by atoms with E-state index in [0.717, 1.165) is 35.2 Å². The molecule has 0 aliphatic heterocycles. The summed E-state index contributed by atoms with van der Waals surface area (Å²) in [6, 6.07) is 7.90. The average molecular weight is 412 g/mol. The van der Waals surface area contributed by atoms with Crippen molar-refractivity contribution in [3.8, 4) is 17.0 Å². The van der Waals surface area contributed by atoms with Crippen molar-refractivity contribution in [3.63, 3.8) is 0 Å². The first-order valence-electron chi connectivity index (χ1n) is 10.0. The largest absolute Gasteiger partial charge is 0.506 e. The van der Waals surface area contributed by atoms with Gasteiger partial charge in [-0.1, -0.05) is 33.8 Å². The maximum Gasteiger partial charge on any atom is 0.345 e. The monoisotopic (exact) mass is 411 g/mol. The van der Waals surface area contributed by atoms with E-state index < -0.39 is 22.8 Å². The number of aromatic hydroxyl groups is 1. The van der Waals surface area contributed by atoms with Gasteiger partial charge in [0.2, 0.25) is 0 Å². The summed E-state index contributed by atoms with van der Waals surface area (Å²) in [7, 11) is 2.02. The number of fused-ring (bicyclic) bond motifs is 1. The van der Waals surface area contributed by atoms with E-state index in [1.54, 1.807) is 0 Å². The van der Waals surface area contributed by atoms with Gasteiger partial charge in [-0.15, -0.1) is 0 Å². The molecule has 0 saturated carbocycles. The number of carboxylic acid groups (broad SMARTS) is 1. The second-order valence-corrected chi connectivity index (χ2v) is 8.82. The van der Waals surface area contributed by atoms with Crippen molar-refractivity contribution < 1.29 is 15.0 Å². The molecule has 2 heterocycles. The van der Waals surface area contributed by atoms with Crippen LogP contribution in [0.4, 0.5) is 0 Å². The summed E-state index contributed by atoms with van der Waals surface area (Å²) in [5, 5.41) is 24.1. The minimum atomic E-state index is -1.44. The van der Waals surface area contributed by atoms with Gasteiger partial charge in [0.15, 0.2) is 5.56 Å². The van der Waals surface area contributed by atoms with E-state index in [4.69, 9.17) is 0 Å². The van der Waals surface area contributed by atoms with E-state index in [2.05, 4.69) is 41.7 Å². The number of nitrogens with zero attached hydrogens (tertiary/aromatic N) is 1. The predicted molar refractivity (Wildman–Crippen MR) is 118 cm³/mol. The predicted octanol–water partition coefficient (Wildman–Crippen LogP) is 3.64. The molecule has 3 rings (SSSR count). The molecule has 160 valence electrons. The summed E-state index contributed by atoms with van der Waals surface area (Å²) < 4.78 is 2.13. The standard InChI is InChI=1S/C23H29N3O4/c1-6-16-19(25-21(28)18(20(16)27)22(29)30)13-7-8-17-14(9-13)10-15(26(17)5)11-24-12-23(2,3)4/h7-10,24H,6,11-12H2,1-5H3,(H,29,30)(H2,25,27,28). The number of aromatic nitrogens is 2. The van der Waals surface area contributed by atoms with Gasteiger partial charge in [-0.3, -0.25) is 4.79 Å². The highest BCUT2D eigenvalue weighted by Crippen LogP contribution is 2.32. The summed E-state index contributed by atoms with van der Waals surface area (Å²) >= 11 is 0. The Morgan fingerprint density at radius 1 is 1.23 bits per heavy atom. The van der Waals surface area contributed by atoms with Crippen LogP contribution in [-0.2, 0) is 20.0 Å². The third kappa shape index (κ3) is 4.11. The number of hydrogen-bond donors (Lipinski definition) is 4. The maximum absolute atomic E-state index is 12.3. The Hall–Kier alpha value is -3.06. The van der Waals surface area contributed by atoms with E-state index >= 15 is 0 Å². The summed E-state index contributed by atoms with van der Waals surface area (Å²) in [6.45, 7) is 10.0. The lowest BCUT2D eigenvalue weighted by molar-refractivity contribution is 0.0691. The zero-order valence-corrected chi connectivity index (χ0v) is 18.1. The number of H-pyrrole nitrogens is 1. The first-order valence-corrected chi connectivity index (χ1v) is 10.0. The molecule has 0 fully saturated rings. The lowest BCUT2D eigenvalue weighted by Gasteiger charge is -2.18. The first kappa shape index (κ1) is 21.6. The minimum absolute atomic E-state index is 0.199. The highest BCUT2D eigenvalue weighted by molar-refractivity contribution is 5.92. The molecule has 2 aromatic heterocycles. The molecule has 0 radical (unpaired) electrons. The van der Waals surface area contributed by atoms with Crippen LogP contribution < -0.4 is 10.9 Å². The van der Waals surface area contributed by atoms with Crippen molar-refractivity contribution in [3.05, 3.63) is 51.4 Å². The molecule has 0 amide bonds. The molecule has 0 atom stereocenters. The Morgan fingerprint density at radius 3 is 2.53 bits per heavy atom. The van der Waals surface area contributed by atoms with E-state index in [1.807, 2.05) is 32.2 Å². The SMILES string of the molecule is CCc1c(-c2ccc3c(c2)cc(CNCC(C)(C)C)n3C)[nH]c(=O)c(C(=O)O)c1O. The van der Waals surface area contributed by atoms with Crippen LogP contribution in [0.5, 0.6) is 5.75 Å². The number of rotatable bonds is 6. The van der Waals surface area contributed by atoms with Crippen LogP contribution in [0.3, 0.4) is 0 Å². The van der Waals surface area contributed by atoms with Gasteiger partial charge in [-0.05, 0) is 35.6 Å². The van der Waals surface area contributed by atoms with Crippen LogP contribution in [0.1, 0.15) is 49.3 Å². The van der Waals surface area contributed by atoms with Crippen LogP contribution in [0.2, 0.25) is 0 Å². The first-order chi connectivity index (χ1) is 14.0. The molecular formula is C23H29N3O4. The zero-order chi connectivity index (χ0) is 22.2. The van der Waals surface area contributed by atoms with E-state index in [9.17, 15) is 19.8 Å². The van der Waals surface area contributed by atoms with Crippen molar-refractivity contribution in [2.24, 2.45) is 12.5 Å². The van der Waals surface area contributed by atoms with E-state index in [0.29, 0.717) is 17.7 Å². The number of hydrogen-bond acceptors (Lipinski definition) is 4. The van der Waals surface area contributed by atoms with E-state index in [-0.39, 0.29) is 5.41 Å². The molecule has 1 aromatic carbocycles. The summed E-state index contributed by atoms with van der Waals surface area (Å²) in [6.07, 6.45) is 0.382. The Kier molecular flexibility index (Phi) is 5.76. The third-order valence-electron chi connectivity index (χ3n) is 5.25. The fourth-order valence-electron chi connectivity index (χ4n) is 3.71. The second-order valence-electron chi connectivity index (χ2n) is 8.82. The number of carboxylic acids is 1. The van der Waals surface area contributed by atoms with Crippen molar-refractivity contribution in [2.45, 2.75) is 40.7 Å². The molecule has 4 N–H and O–H groups in total. The Bertz CT molecular complexity index is 1170. The molecule has 0 aliphatic carbocycles. The highest BCUT2D eigenvalue weighted by Gasteiger charge is 2.22. The molecule has 7 heteroatoms. The van der Waals surface area contributed by atoms with Gasteiger partial charge in [0, 0.05) is 42.3 Å². The summed E-state index contributed by atoms with van der Waals surface area (Å²) in [4.78, 5) is 26.2. The van der Waals surface area contributed by atoms with Gasteiger partial charge in [-0.25, -0.2) is 4.79 Å². The Morgan fingerprint density at radius 2 is 1.93 bits per heavy atom.